The van der Waals surface area contributed by atoms with Crippen LogP contribution in [-0.4, -0.2) is 49.9 Å². The van der Waals surface area contributed by atoms with Crippen LogP contribution in [0.3, 0.4) is 0 Å². The molecule has 1 saturated heterocycles. The van der Waals surface area contributed by atoms with Gasteiger partial charge in [-0.3, -0.25) is 14.4 Å². The highest BCUT2D eigenvalue weighted by molar-refractivity contribution is 5.71. The molecule has 234 valence electrons. The maximum absolute atomic E-state index is 12.7. The number of carbonyl (C=O) groups excluding carboxylic acids is 3. The second kappa shape index (κ2) is 11.9. The minimum absolute atomic E-state index is 0.0323. The Morgan fingerprint density at radius 2 is 1.79 bits per heavy atom. The van der Waals surface area contributed by atoms with Gasteiger partial charge in [-0.15, -0.1) is 0 Å². The highest BCUT2D eigenvalue weighted by Crippen LogP contribution is 2.72. The summed E-state index contributed by atoms with van der Waals surface area (Å²) in [4.78, 5) is 37.7. The lowest BCUT2D eigenvalue weighted by atomic mass is 9.40. The number of methoxy groups -OCH3 is 1. The van der Waals surface area contributed by atoms with Crippen molar-refractivity contribution in [2.45, 2.75) is 112 Å². The van der Waals surface area contributed by atoms with Crippen molar-refractivity contribution < 1.29 is 33.3 Å². The van der Waals surface area contributed by atoms with Crippen LogP contribution >= 0.6 is 0 Å². The van der Waals surface area contributed by atoms with Crippen molar-refractivity contribution in [1.82, 2.24) is 0 Å². The maximum Gasteiger partial charge on any atom is 0.309 e. The van der Waals surface area contributed by atoms with Crippen molar-refractivity contribution in [2.24, 2.45) is 39.9 Å². The number of ether oxygens (including phenoxy) is 4. The lowest BCUT2D eigenvalue weighted by molar-refractivity contribution is -0.207. The lowest BCUT2D eigenvalue weighted by Crippen LogP contribution is -2.65. The van der Waals surface area contributed by atoms with Gasteiger partial charge in [0.05, 0.1) is 26.2 Å². The zero-order valence-corrected chi connectivity index (χ0v) is 27.2. The van der Waals surface area contributed by atoms with Gasteiger partial charge in [0.1, 0.15) is 12.2 Å². The van der Waals surface area contributed by atoms with E-state index in [-0.39, 0.29) is 41.8 Å². The third-order valence-electron chi connectivity index (χ3n) is 11.5. The Morgan fingerprint density at radius 1 is 1.10 bits per heavy atom. The van der Waals surface area contributed by atoms with Crippen LogP contribution in [-0.2, 0) is 33.3 Å². The molecule has 7 heteroatoms. The highest BCUT2D eigenvalue weighted by Gasteiger charge is 2.69. The van der Waals surface area contributed by atoms with Gasteiger partial charge in [0.15, 0.2) is 0 Å². The van der Waals surface area contributed by atoms with E-state index in [0.29, 0.717) is 18.3 Å². The van der Waals surface area contributed by atoms with Crippen molar-refractivity contribution in [3.05, 3.63) is 35.5 Å². The van der Waals surface area contributed by atoms with Gasteiger partial charge in [-0.25, -0.2) is 0 Å². The van der Waals surface area contributed by atoms with Crippen molar-refractivity contribution in [3.63, 3.8) is 0 Å². The molecule has 1 heterocycles. The Labute approximate surface area is 252 Å². The van der Waals surface area contributed by atoms with Gasteiger partial charge in [0.25, 0.3) is 0 Å². The topological polar surface area (TPSA) is 88.1 Å². The fourth-order valence-corrected chi connectivity index (χ4v) is 9.87. The fourth-order valence-electron chi connectivity index (χ4n) is 9.87. The van der Waals surface area contributed by atoms with Crippen LogP contribution in [0.4, 0.5) is 0 Å². The van der Waals surface area contributed by atoms with Crippen LogP contribution in [0.25, 0.3) is 0 Å². The molecule has 1 aliphatic heterocycles. The summed E-state index contributed by atoms with van der Waals surface area (Å²) in [6, 6.07) is 0. The minimum atomic E-state index is -0.707. The SMILES string of the molecule is C=C(C)[C@@H]1C[C@@H](OC(C)=O)[C@@]2(C)C3=CC[C@@H]([C@H]4CO[C@H](C=C(C)C)C4)[C@]3(C)CC[C@@H]2[C@@]1(C)[C@H](CC(=O)OC)OC(C)=O. The molecule has 0 unspecified atom stereocenters. The highest BCUT2D eigenvalue weighted by atomic mass is 16.6. The molecular formula is C35H52O7. The lowest BCUT2D eigenvalue weighted by Gasteiger charge is -2.65. The smallest absolute Gasteiger partial charge is 0.309 e. The van der Waals surface area contributed by atoms with Crippen LogP contribution in [0.2, 0.25) is 0 Å². The monoisotopic (exact) mass is 584 g/mol. The Kier molecular flexibility index (Phi) is 9.24. The van der Waals surface area contributed by atoms with Crippen molar-refractivity contribution >= 4 is 17.9 Å². The van der Waals surface area contributed by atoms with Crippen molar-refractivity contribution in [2.75, 3.05) is 13.7 Å². The molecule has 0 N–H and O–H groups in total. The molecule has 0 radical (unpaired) electrons. The number of esters is 3. The minimum Gasteiger partial charge on any atom is -0.469 e. The number of fused-ring (bicyclic) bond motifs is 3. The van der Waals surface area contributed by atoms with E-state index in [9.17, 15) is 14.4 Å². The van der Waals surface area contributed by atoms with E-state index in [1.807, 2.05) is 6.92 Å². The van der Waals surface area contributed by atoms with Gasteiger partial charge in [0, 0.05) is 24.7 Å². The molecule has 4 rings (SSSR count). The Hall–Kier alpha value is -2.41. The average Bonchev–Trinajstić information content (AvgIpc) is 3.48. The predicted octanol–water partition coefficient (Wildman–Crippen LogP) is 6.76. The van der Waals surface area contributed by atoms with E-state index in [1.165, 1.54) is 32.1 Å². The zero-order valence-electron chi connectivity index (χ0n) is 27.2. The summed E-state index contributed by atoms with van der Waals surface area (Å²) >= 11 is 0. The first-order valence-electron chi connectivity index (χ1n) is 15.6. The quantitative estimate of drug-likeness (QED) is 0.177. The number of rotatable bonds is 8. The second-order valence-corrected chi connectivity index (χ2v) is 14.3. The summed E-state index contributed by atoms with van der Waals surface area (Å²) < 4.78 is 23.5. The van der Waals surface area contributed by atoms with Gasteiger partial charge < -0.3 is 18.9 Å². The number of hydrogen-bond acceptors (Lipinski definition) is 7. The molecule has 0 bridgehead atoms. The van der Waals surface area contributed by atoms with Crippen molar-refractivity contribution in [1.29, 1.82) is 0 Å². The second-order valence-electron chi connectivity index (χ2n) is 14.3. The Morgan fingerprint density at radius 3 is 2.36 bits per heavy atom. The van der Waals surface area contributed by atoms with Gasteiger partial charge in [-0.1, -0.05) is 56.2 Å². The third-order valence-corrected chi connectivity index (χ3v) is 11.5. The molecule has 3 aliphatic carbocycles. The van der Waals surface area contributed by atoms with Crippen LogP contribution in [0.15, 0.2) is 35.5 Å². The summed E-state index contributed by atoms with van der Waals surface area (Å²) in [5, 5.41) is 0. The Bertz CT molecular complexity index is 1160. The molecule has 2 saturated carbocycles. The first kappa shape index (κ1) is 32.5. The van der Waals surface area contributed by atoms with Gasteiger partial charge >= 0.3 is 17.9 Å². The predicted molar refractivity (Wildman–Crippen MR) is 161 cm³/mol. The molecule has 42 heavy (non-hydrogen) atoms. The molecule has 0 spiro atoms. The van der Waals surface area contributed by atoms with E-state index in [0.717, 1.165) is 37.9 Å². The van der Waals surface area contributed by atoms with Crippen molar-refractivity contribution in [3.8, 4) is 0 Å². The molecule has 0 amide bonds. The largest absolute Gasteiger partial charge is 0.469 e. The molecule has 0 aromatic carbocycles. The van der Waals surface area contributed by atoms with E-state index in [1.54, 1.807) is 0 Å². The van der Waals surface area contributed by atoms with E-state index >= 15 is 0 Å². The van der Waals surface area contributed by atoms with Crippen LogP contribution < -0.4 is 0 Å². The Balaban J connectivity index is 1.80. The van der Waals surface area contributed by atoms with Gasteiger partial charge in [-0.2, -0.15) is 0 Å². The molecule has 0 aromatic rings. The number of allylic oxidation sites excluding steroid dienone is 3. The molecule has 3 fully saturated rings. The average molecular weight is 585 g/mol. The van der Waals surface area contributed by atoms with Crippen LogP contribution in [0, 0.1) is 39.9 Å². The number of hydrogen-bond donors (Lipinski definition) is 0. The zero-order chi connectivity index (χ0) is 31.2. The van der Waals surface area contributed by atoms with Gasteiger partial charge in [-0.05, 0) is 82.0 Å². The first-order chi connectivity index (χ1) is 19.6. The molecule has 0 aromatic heterocycles. The first-order valence-corrected chi connectivity index (χ1v) is 15.6. The van der Waals surface area contributed by atoms with E-state index in [4.69, 9.17) is 18.9 Å². The number of carbonyl (C=O) groups is 3. The van der Waals surface area contributed by atoms with Gasteiger partial charge in [0.2, 0.25) is 0 Å². The normalized spacial score (nSPS) is 39.7. The maximum atomic E-state index is 12.7. The summed E-state index contributed by atoms with van der Waals surface area (Å²) in [5.41, 5.74) is 2.33. The molecule has 7 nitrogen and oxygen atoms in total. The molecule has 10 atom stereocenters. The summed E-state index contributed by atoms with van der Waals surface area (Å²) in [6.45, 7) is 21.0. The van der Waals surface area contributed by atoms with Crippen LogP contribution in [0.1, 0.15) is 93.9 Å². The summed E-state index contributed by atoms with van der Waals surface area (Å²) in [7, 11) is 1.36. The standard InChI is InChI=1S/C35H52O7/c1-20(2)15-25-16-24(19-40-25)26-11-12-28-33(26,7)14-13-29-34(8,31(42-23(6)37)18-32(38)39-10)27(21(3)4)17-30(35(28,29)9)41-22(5)36/h12,15,24-27,29-31H,3,11,13-14,16-19H2,1-2,4-10H3/t24-,25-,26+,27+,29-,30-,31+,33+,34+,35+/m1/s1. The van der Waals surface area contributed by atoms with E-state index < -0.39 is 28.9 Å². The fraction of sp³-hybridized carbons (Fsp3) is 0.743. The summed E-state index contributed by atoms with van der Waals surface area (Å²) in [6.07, 6.45) is 8.05. The van der Waals surface area contributed by atoms with Crippen LogP contribution in [0.5, 0.6) is 0 Å². The molecular weight excluding hydrogens is 532 g/mol. The summed E-state index contributed by atoms with van der Waals surface area (Å²) in [5.74, 6) is -0.432. The van der Waals surface area contributed by atoms with E-state index in [2.05, 4.69) is 53.3 Å². The molecule has 4 aliphatic rings. The third kappa shape index (κ3) is 5.51.